The van der Waals surface area contributed by atoms with Crippen molar-refractivity contribution in [2.75, 3.05) is 6.54 Å². The lowest BCUT2D eigenvalue weighted by Crippen LogP contribution is -2.47. The smallest absolute Gasteiger partial charge is 0.219 e. The molecule has 0 aromatic heterocycles. The van der Waals surface area contributed by atoms with Gasteiger partial charge in [-0.05, 0) is 19.3 Å². The minimum absolute atomic E-state index is 0.0946. The van der Waals surface area contributed by atoms with Gasteiger partial charge in [-0.25, -0.2) is 0 Å². The van der Waals surface area contributed by atoms with Crippen LogP contribution in [0.1, 0.15) is 39.5 Å². The summed E-state index contributed by atoms with van der Waals surface area (Å²) in [4.78, 5) is 13.1. The van der Waals surface area contributed by atoms with E-state index in [1.54, 1.807) is 6.92 Å². The molecule has 1 heterocycles. The van der Waals surface area contributed by atoms with Crippen LogP contribution in [0.3, 0.4) is 0 Å². The number of carbonyl (C=O) groups is 1. The largest absolute Gasteiger partial charge is 0.391 e. The van der Waals surface area contributed by atoms with Crippen molar-refractivity contribution < 1.29 is 9.90 Å². The molecule has 0 saturated carbocycles. The lowest BCUT2D eigenvalue weighted by Gasteiger charge is -2.37. The van der Waals surface area contributed by atoms with E-state index in [0.29, 0.717) is 12.6 Å². The van der Waals surface area contributed by atoms with Crippen molar-refractivity contribution in [3.05, 3.63) is 0 Å². The Morgan fingerprint density at radius 1 is 1.54 bits per heavy atom. The second-order valence-corrected chi connectivity index (χ2v) is 3.85. The zero-order valence-electron chi connectivity index (χ0n) is 8.49. The van der Waals surface area contributed by atoms with Crippen LogP contribution in [-0.2, 0) is 4.79 Å². The molecular weight excluding hydrogens is 166 g/mol. The summed E-state index contributed by atoms with van der Waals surface area (Å²) in [6.07, 6.45) is 3.65. The quantitative estimate of drug-likeness (QED) is 0.701. The van der Waals surface area contributed by atoms with E-state index < -0.39 is 0 Å². The van der Waals surface area contributed by atoms with Crippen molar-refractivity contribution in [1.29, 1.82) is 0 Å². The highest BCUT2D eigenvalue weighted by Gasteiger charge is 2.27. The molecule has 1 amide bonds. The van der Waals surface area contributed by atoms with Gasteiger partial charge in [0.1, 0.15) is 0 Å². The van der Waals surface area contributed by atoms with Gasteiger partial charge < -0.3 is 10.0 Å². The topological polar surface area (TPSA) is 40.5 Å². The Morgan fingerprint density at radius 3 is 2.77 bits per heavy atom. The van der Waals surface area contributed by atoms with Gasteiger partial charge in [0.15, 0.2) is 0 Å². The third kappa shape index (κ3) is 2.69. The number of β-amino-alcohol motifs (C(OH)–C–C–N with tert-alkyl or cyclic N) is 1. The first-order valence-electron chi connectivity index (χ1n) is 5.10. The monoisotopic (exact) mass is 185 g/mol. The third-order valence-electron chi connectivity index (χ3n) is 2.71. The maximum absolute atomic E-state index is 11.2. The Bertz CT molecular complexity index is 182. The van der Waals surface area contributed by atoms with Crippen LogP contribution in [0.25, 0.3) is 0 Å². The normalized spacial score (nSPS) is 29.0. The van der Waals surface area contributed by atoms with Crippen molar-refractivity contribution in [3.63, 3.8) is 0 Å². The summed E-state index contributed by atoms with van der Waals surface area (Å²) in [7, 11) is 0. The second-order valence-electron chi connectivity index (χ2n) is 3.85. The Balaban J connectivity index is 2.55. The van der Waals surface area contributed by atoms with E-state index in [4.69, 9.17) is 0 Å². The number of rotatable bonds is 2. The number of aliphatic hydroxyl groups is 1. The van der Waals surface area contributed by atoms with E-state index in [9.17, 15) is 9.90 Å². The molecule has 0 aromatic carbocycles. The maximum atomic E-state index is 11.2. The van der Waals surface area contributed by atoms with Crippen LogP contribution in [0, 0.1) is 0 Å². The molecule has 13 heavy (non-hydrogen) atoms. The average Bonchev–Trinajstić information content (AvgIpc) is 2.08. The molecule has 76 valence electrons. The van der Waals surface area contributed by atoms with Crippen molar-refractivity contribution >= 4 is 5.91 Å². The van der Waals surface area contributed by atoms with Gasteiger partial charge in [-0.2, -0.15) is 0 Å². The molecule has 2 atom stereocenters. The van der Waals surface area contributed by atoms with Crippen LogP contribution in [0.5, 0.6) is 0 Å². The number of amides is 1. The summed E-state index contributed by atoms with van der Waals surface area (Å²) in [5, 5.41) is 9.42. The molecule has 1 N–H and O–H groups in total. The maximum Gasteiger partial charge on any atom is 0.219 e. The highest BCUT2D eigenvalue weighted by molar-refractivity contribution is 5.73. The molecule has 1 fully saturated rings. The number of carbonyl (C=O) groups excluding carboxylic acids is 1. The lowest BCUT2D eigenvalue weighted by molar-refractivity contribution is -0.135. The Morgan fingerprint density at radius 2 is 2.23 bits per heavy atom. The van der Waals surface area contributed by atoms with Crippen molar-refractivity contribution in [2.45, 2.75) is 51.7 Å². The summed E-state index contributed by atoms with van der Waals surface area (Å²) in [5.41, 5.74) is 0. The van der Waals surface area contributed by atoms with Crippen LogP contribution in [0.4, 0.5) is 0 Å². The molecule has 1 rings (SSSR count). The van der Waals surface area contributed by atoms with E-state index in [1.807, 2.05) is 4.90 Å². The molecule has 1 aliphatic heterocycles. The van der Waals surface area contributed by atoms with Crippen molar-refractivity contribution in [2.24, 2.45) is 0 Å². The highest BCUT2D eigenvalue weighted by atomic mass is 16.3. The minimum atomic E-state index is -0.308. The van der Waals surface area contributed by atoms with Crippen molar-refractivity contribution in [1.82, 2.24) is 4.90 Å². The van der Waals surface area contributed by atoms with Crippen molar-refractivity contribution in [3.8, 4) is 0 Å². The Hall–Kier alpha value is -0.570. The fraction of sp³-hybridized carbons (Fsp3) is 0.900. The van der Waals surface area contributed by atoms with Crippen LogP contribution in [0.15, 0.2) is 0 Å². The van der Waals surface area contributed by atoms with Gasteiger partial charge >= 0.3 is 0 Å². The second kappa shape index (κ2) is 4.61. The van der Waals surface area contributed by atoms with E-state index in [1.165, 1.54) is 0 Å². The van der Waals surface area contributed by atoms with Gasteiger partial charge in [0.05, 0.1) is 6.10 Å². The fourth-order valence-corrected chi connectivity index (χ4v) is 2.03. The molecule has 1 saturated heterocycles. The molecule has 0 aromatic rings. The molecule has 3 nitrogen and oxygen atoms in total. The molecular formula is C10H19NO2. The first kappa shape index (κ1) is 10.5. The van der Waals surface area contributed by atoms with Gasteiger partial charge in [-0.15, -0.1) is 0 Å². The van der Waals surface area contributed by atoms with Crippen LogP contribution in [-0.4, -0.2) is 34.6 Å². The number of nitrogens with zero attached hydrogens (tertiary/aromatic N) is 1. The summed E-state index contributed by atoms with van der Waals surface area (Å²) >= 11 is 0. The van der Waals surface area contributed by atoms with E-state index in [-0.39, 0.29) is 12.0 Å². The van der Waals surface area contributed by atoms with E-state index in [2.05, 4.69) is 6.92 Å². The van der Waals surface area contributed by atoms with E-state index in [0.717, 1.165) is 25.7 Å². The minimum Gasteiger partial charge on any atom is -0.391 e. The number of aliphatic hydroxyl groups excluding tert-OH is 1. The average molecular weight is 185 g/mol. The summed E-state index contributed by atoms with van der Waals surface area (Å²) < 4.78 is 0. The van der Waals surface area contributed by atoms with Gasteiger partial charge in [-0.3, -0.25) is 4.79 Å². The number of hydrogen-bond acceptors (Lipinski definition) is 2. The fourth-order valence-electron chi connectivity index (χ4n) is 2.03. The predicted octanol–water partition coefficient (Wildman–Crippen LogP) is 1.16. The molecule has 0 spiro atoms. The van der Waals surface area contributed by atoms with Gasteiger partial charge in [0.2, 0.25) is 5.91 Å². The number of likely N-dealkylation sites (tertiary alicyclic amines) is 1. The van der Waals surface area contributed by atoms with Crippen LogP contribution in [0.2, 0.25) is 0 Å². The SMILES string of the molecule is CCC[C@@H]1CC[C@@H](O)CN1C(C)=O. The highest BCUT2D eigenvalue weighted by Crippen LogP contribution is 2.20. The summed E-state index contributed by atoms with van der Waals surface area (Å²) in [5.74, 6) is 0.0946. The molecule has 0 unspecified atom stereocenters. The van der Waals surface area contributed by atoms with Gasteiger partial charge in [0.25, 0.3) is 0 Å². The first-order valence-corrected chi connectivity index (χ1v) is 5.10. The van der Waals surface area contributed by atoms with Gasteiger partial charge in [0, 0.05) is 19.5 Å². The predicted molar refractivity (Wildman–Crippen MR) is 51.3 cm³/mol. The molecule has 1 aliphatic rings. The molecule has 0 bridgehead atoms. The lowest BCUT2D eigenvalue weighted by atomic mass is 9.96. The van der Waals surface area contributed by atoms with Crippen LogP contribution < -0.4 is 0 Å². The molecule has 0 aliphatic carbocycles. The summed E-state index contributed by atoms with van der Waals surface area (Å²) in [6.45, 7) is 4.24. The Labute approximate surface area is 79.7 Å². The zero-order valence-corrected chi connectivity index (χ0v) is 8.49. The first-order chi connectivity index (χ1) is 6.15. The summed E-state index contributed by atoms with van der Waals surface area (Å²) in [6, 6.07) is 0.367. The van der Waals surface area contributed by atoms with Crippen LogP contribution >= 0.6 is 0 Å². The zero-order chi connectivity index (χ0) is 9.84. The molecule has 3 heteroatoms. The Kier molecular flexibility index (Phi) is 3.72. The van der Waals surface area contributed by atoms with Gasteiger partial charge in [-0.1, -0.05) is 13.3 Å². The third-order valence-corrected chi connectivity index (χ3v) is 2.71. The van der Waals surface area contributed by atoms with E-state index >= 15 is 0 Å². The number of piperidine rings is 1. The standard InChI is InChI=1S/C10H19NO2/c1-3-4-9-5-6-10(13)7-11(9)8(2)12/h9-10,13H,3-7H2,1-2H3/t9-,10-/m1/s1. The molecule has 0 radical (unpaired) electrons. The number of hydrogen-bond donors (Lipinski definition) is 1.